The van der Waals surface area contributed by atoms with E-state index in [2.05, 4.69) is 14.8 Å². The largest absolute Gasteiger partial charge is 0.392 e. The van der Waals surface area contributed by atoms with E-state index in [-0.39, 0.29) is 12.4 Å². The van der Waals surface area contributed by atoms with Crippen LogP contribution in [0.4, 0.5) is 15.8 Å². The SMILES string of the molecule is OCc1cnccc1N1CCN(c2ccccc2F)CC1. The summed E-state index contributed by atoms with van der Waals surface area (Å²) in [6, 6.07) is 8.80. The number of nitrogens with zero attached hydrogens (tertiary/aromatic N) is 3. The van der Waals surface area contributed by atoms with Crippen LogP contribution in [-0.4, -0.2) is 36.3 Å². The summed E-state index contributed by atoms with van der Waals surface area (Å²) in [4.78, 5) is 8.31. The number of anilines is 2. The van der Waals surface area contributed by atoms with Crippen LogP contribution in [0.25, 0.3) is 0 Å². The molecule has 2 aromatic rings. The van der Waals surface area contributed by atoms with E-state index in [1.54, 1.807) is 18.5 Å². The maximum absolute atomic E-state index is 13.8. The molecule has 0 unspecified atom stereocenters. The third-order valence-corrected chi connectivity index (χ3v) is 3.86. The summed E-state index contributed by atoms with van der Waals surface area (Å²) in [5.41, 5.74) is 2.51. The van der Waals surface area contributed by atoms with E-state index >= 15 is 0 Å². The molecule has 1 aromatic carbocycles. The number of para-hydroxylation sites is 1. The van der Waals surface area contributed by atoms with Crippen LogP contribution in [0.2, 0.25) is 0 Å². The molecule has 0 bridgehead atoms. The van der Waals surface area contributed by atoms with Gasteiger partial charge in [0.2, 0.25) is 0 Å². The van der Waals surface area contributed by atoms with Gasteiger partial charge < -0.3 is 14.9 Å². The predicted molar refractivity (Wildman–Crippen MR) is 81.0 cm³/mol. The Kier molecular flexibility index (Phi) is 4.01. The molecule has 1 aliphatic rings. The number of aliphatic hydroxyl groups excluding tert-OH is 1. The third-order valence-electron chi connectivity index (χ3n) is 3.86. The molecule has 0 atom stereocenters. The van der Waals surface area contributed by atoms with Crippen LogP contribution in [0.1, 0.15) is 5.56 Å². The van der Waals surface area contributed by atoms with E-state index in [0.717, 1.165) is 37.4 Å². The smallest absolute Gasteiger partial charge is 0.146 e. The summed E-state index contributed by atoms with van der Waals surface area (Å²) in [6.45, 7) is 3.09. The van der Waals surface area contributed by atoms with Gasteiger partial charge in [0.15, 0.2) is 0 Å². The quantitative estimate of drug-likeness (QED) is 0.938. The lowest BCUT2D eigenvalue weighted by Gasteiger charge is -2.38. The molecule has 0 amide bonds. The summed E-state index contributed by atoms with van der Waals surface area (Å²) < 4.78 is 13.8. The van der Waals surface area contributed by atoms with E-state index < -0.39 is 0 Å². The summed E-state index contributed by atoms with van der Waals surface area (Å²) in [7, 11) is 0. The van der Waals surface area contributed by atoms with Crippen molar-refractivity contribution in [3.8, 4) is 0 Å². The standard InChI is InChI=1S/C16H18FN3O/c17-14-3-1-2-4-16(14)20-9-7-19(8-10-20)15-5-6-18-11-13(15)12-21/h1-6,11,21H,7-10,12H2. The molecule has 3 rings (SSSR count). The molecule has 2 heterocycles. The lowest BCUT2D eigenvalue weighted by molar-refractivity contribution is 0.281. The van der Waals surface area contributed by atoms with E-state index in [0.29, 0.717) is 5.69 Å². The van der Waals surface area contributed by atoms with Crippen LogP contribution in [0, 0.1) is 5.82 Å². The molecule has 21 heavy (non-hydrogen) atoms. The second-order valence-corrected chi connectivity index (χ2v) is 5.09. The highest BCUT2D eigenvalue weighted by Gasteiger charge is 2.20. The van der Waals surface area contributed by atoms with Crippen LogP contribution < -0.4 is 9.80 Å². The number of aliphatic hydroxyl groups is 1. The average Bonchev–Trinajstić information content (AvgIpc) is 2.55. The third kappa shape index (κ3) is 2.83. The number of hydrogen-bond donors (Lipinski definition) is 1. The molecule has 1 saturated heterocycles. The Bertz CT molecular complexity index is 612. The zero-order valence-corrected chi connectivity index (χ0v) is 11.7. The maximum atomic E-state index is 13.8. The molecule has 4 nitrogen and oxygen atoms in total. The Morgan fingerprint density at radius 2 is 1.67 bits per heavy atom. The average molecular weight is 287 g/mol. The lowest BCUT2D eigenvalue weighted by Crippen LogP contribution is -2.47. The molecular weight excluding hydrogens is 269 g/mol. The van der Waals surface area contributed by atoms with Crippen molar-refractivity contribution in [3.63, 3.8) is 0 Å². The van der Waals surface area contributed by atoms with Gasteiger partial charge in [-0.15, -0.1) is 0 Å². The molecule has 110 valence electrons. The zero-order valence-electron chi connectivity index (χ0n) is 11.7. The fourth-order valence-electron chi connectivity index (χ4n) is 2.75. The normalized spacial score (nSPS) is 15.3. The first-order valence-electron chi connectivity index (χ1n) is 7.08. The molecular formula is C16H18FN3O. The first-order chi connectivity index (χ1) is 10.3. The van der Waals surface area contributed by atoms with Crippen LogP contribution in [-0.2, 0) is 6.61 Å². The maximum Gasteiger partial charge on any atom is 0.146 e. The molecule has 5 heteroatoms. The number of aromatic nitrogens is 1. The van der Waals surface area contributed by atoms with Crippen molar-refractivity contribution in [1.29, 1.82) is 0 Å². The summed E-state index contributed by atoms with van der Waals surface area (Å²) in [6.07, 6.45) is 3.43. The Labute approximate surface area is 123 Å². The molecule has 0 aliphatic carbocycles. The van der Waals surface area contributed by atoms with Crippen molar-refractivity contribution in [2.75, 3.05) is 36.0 Å². The molecule has 0 radical (unpaired) electrons. The van der Waals surface area contributed by atoms with Gasteiger partial charge in [0.1, 0.15) is 5.82 Å². The lowest BCUT2D eigenvalue weighted by atomic mass is 10.2. The Balaban J connectivity index is 1.72. The van der Waals surface area contributed by atoms with Gasteiger partial charge in [-0.3, -0.25) is 4.98 Å². The number of benzene rings is 1. The van der Waals surface area contributed by atoms with Crippen molar-refractivity contribution >= 4 is 11.4 Å². The second-order valence-electron chi connectivity index (χ2n) is 5.09. The van der Waals surface area contributed by atoms with Gasteiger partial charge in [-0.05, 0) is 18.2 Å². The molecule has 1 aliphatic heterocycles. The number of piperazine rings is 1. The Morgan fingerprint density at radius 1 is 1.00 bits per heavy atom. The molecule has 0 saturated carbocycles. The van der Waals surface area contributed by atoms with Crippen molar-refractivity contribution in [1.82, 2.24) is 4.98 Å². The first-order valence-corrected chi connectivity index (χ1v) is 7.08. The van der Waals surface area contributed by atoms with Gasteiger partial charge in [0, 0.05) is 49.8 Å². The van der Waals surface area contributed by atoms with E-state index in [4.69, 9.17) is 0 Å². The second kappa shape index (κ2) is 6.10. The number of rotatable bonds is 3. The van der Waals surface area contributed by atoms with Gasteiger partial charge in [-0.25, -0.2) is 4.39 Å². The van der Waals surface area contributed by atoms with Gasteiger partial charge in [0.05, 0.1) is 12.3 Å². The minimum atomic E-state index is -0.175. The predicted octanol–water partition coefficient (Wildman–Crippen LogP) is 2.04. The minimum Gasteiger partial charge on any atom is -0.392 e. The molecule has 1 aromatic heterocycles. The monoisotopic (exact) mass is 287 g/mol. The van der Waals surface area contributed by atoms with Crippen LogP contribution >= 0.6 is 0 Å². The summed E-state index contributed by atoms with van der Waals surface area (Å²) >= 11 is 0. The van der Waals surface area contributed by atoms with Gasteiger partial charge in [-0.1, -0.05) is 12.1 Å². The van der Waals surface area contributed by atoms with Crippen LogP contribution in [0.15, 0.2) is 42.7 Å². The highest BCUT2D eigenvalue weighted by Crippen LogP contribution is 2.24. The Hall–Kier alpha value is -2.14. The minimum absolute atomic E-state index is 0.0172. The van der Waals surface area contributed by atoms with E-state index in [1.807, 2.05) is 18.2 Å². The van der Waals surface area contributed by atoms with Crippen LogP contribution in [0.5, 0.6) is 0 Å². The van der Waals surface area contributed by atoms with Crippen molar-refractivity contribution in [2.24, 2.45) is 0 Å². The fraction of sp³-hybridized carbons (Fsp3) is 0.312. The Morgan fingerprint density at radius 3 is 2.33 bits per heavy atom. The van der Waals surface area contributed by atoms with E-state index in [1.165, 1.54) is 6.07 Å². The van der Waals surface area contributed by atoms with E-state index in [9.17, 15) is 9.50 Å². The van der Waals surface area contributed by atoms with Crippen molar-refractivity contribution in [2.45, 2.75) is 6.61 Å². The molecule has 0 spiro atoms. The first kappa shape index (κ1) is 13.8. The van der Waals surface area contributed by atoms with Crippen molar-refractivity contribution < 1.29 is 9.50 Å². The topological polar surface area (TPSA) is 39.6 Å². The zero-order chi connectivity index (χ0) is 14.7. The number of hydrogen-bond acceptors (Lipinski definition) is 4. The molecule has 1 fully saturated rings. The fourth-order valence-corrected chi connectivity index (χ4v) is 2.75. The highest BCUT2D eigenvalue weighted by molar-refractivity contribution is 5.55. The number of halogens is 1. The van der Waals surface area contributed by atoms with Crippen molar-refractivity contribution in [3.05, 3.63) is 54.1 Å². The number of pyridine rings is 1. The van der Waals surface area contributed by atoms with Crippen LogP contribution in [0.3, 0.4) is 0 Å². The van der Waals surface area contributed by atoms with Gasteiger partial charge in [-0.2, -0.15) is 0 Å². The molecule has 1 N–H and O–H groups in total. The van der Waals surface area contributed by atoms with Gasteiger partial charge >= 0.3 is 0 Å². The summed E-state index contributed by atoms with van der Waals surface area (Å²) in [5.74, 6) is -0.175. The van der Waals surface area contributed by atoms with Gasteiger partial charge in [0.25, 0.3) is 0 Å². The highest BCUT2D eigenvalue weighted by atomic mass is 19.1. The summed E-state index contributed by atoms with van der Waals surface area (Å²) in [5, 5.41) is 9.39.